The fourth-order valence-corrected chi connectivity index (χ4v) is 2.45. The fraction of sp³-hybridized carbons (Fsp3) is 0.455. The van der Waals surface area contributed by atoms with Gasteiger partial charge in [-0.15, -0.1) is 6.58 Å². The number of hydrogen-bond acceptors (Lipinski definition) is 3. The van der Waals surface area contributed by atoms with Crippen LogP contribution in [-0.4, -0.2) is 22.4 Å². The predicted molar refractivity (Wildman–Crippen MR) is 66.6 cm³/mol. The summed E-state index contributed by atoms with van der Waals surface area (Å²) in [6, 6.07) is 0. The molecule has 0 aromatic carbocycles. The van der Waals surface area contributed by atoms with Gasteiger partial charge in [0.2, 0.25) is 4.87 Å². The van der Waals surface area contributed by atoms with Gasteiger partial charge in [-0.05, 0) is 6.42 Å². The Morgan fingerprint density at radius 3 is 3.13 bits per heavy atom. The molecule has 0 radical (unpaired) electrons. The van der Waals surface area contributed by atoms with E-state index in [2.05, 4.69) is 22.7 Å². The second-order valence-electron chi connectivity index (χ2n) is 3.54. The number of rotatable bonds is 4. The molecule has 0 N–H and O–H groups in total. The number of aliphatic imine (C=N–C) groups is 1. The highest BCUT2D eigenvalue weighted by Gasteiger charge is 2.44. The highest BCUT2D eigenvalue weighted by Crippen LogP contribution is 2.34. The van der Waals surface area contributed by atoms with Gasteiger partial charge in [-0.25, -0.2) is 4.99 Å². The minimum atomic E-state index is -1.40. The van der Waals surface area contributed by atoms with Crippen LogP contribution in [0.2, 0.25) is 0 Å². The first-order valence-electron chi connectivity index (χ1n) is 4.85. The van der Waals surface area contributed by atoms with Gasteiger partial charge in [-0.1, -0.05) is 22.6 Å². The summed E-state index contributed by atoms with van der Waals surface area (Å²) < 4.78 is 15.4. The lowest BCUT2D eigenvalue weighted by molar-refractivity contribution is 0.453. The summed E-state index contributed by atoms with van der Waals surface area (Å²) in [5, 5.41) is 0. The van der Waals surface area contributed by atoms with Crippen LogP contribution in [0.1, 0.15) is 19.8 Å². The van der Waals surface area contributed by atoms with E-state index in [4.69, 9.17) is 0 Å². The molecular formula is C11H16N2OS. The summed E-state index contributed by atoms with van der Waals surface area (Å²) in [7, 11) is 0. The van der Waals surface area contributed by atoms with E-state index in [0.717, 1.165) is 12.8 Å². The standard InChI is InChI=1S/C11H16N2OS/c1-4-7-10-8-5-6-9-13-11(10,2)15(14)12-3/h4-5,8-10H,1,3,6-7H2,2H3/t10-,11?,15+/m1/s1. The molecule has 0 amide bonds. The molecule has 0 fully saturated rings. The van der Waals surface area contributed by atoms with Gasteiger partial charge < -0.3 is 4.55 Å². The molecule has 0 aromatic heterocycles. The topological polar surface area (TPSA) is 47.8 Å². The maximum atomic E-state index is 11.8. The smallest absolute Gasteiger partial charge is 0.245 e. The van der Waals surface area contributed by atoms with Crippen molar-refractivity contribution < 1.29 is 4.55 Å². The molecule has 4 heteroatoms. The SMILES string of the molecule is C=CC[C@@H]1C=CCC=NC1(C)[S@+]([O-])N=C. The van der Waals surface area contributed by atoms with E-state index in [1.807, 2.05) is 25.2 Å². The van der Waals surface area contributed by atoms with Gasteiger partial charge in [-0.2, -0.15) is 0 Å². The normalized spacial score (nSPS) is 32.0. The van der Waals surface area contributed by atoms with Gasteiger partial charge in [0.05, 0.1) is 5.92 Å². The van der Waals surface area contributed by atoms with Gasteiger partial charge in [-0.3, -0.25) is 0 Å². The van der Waals surface area contributed by atoms with Gasteiger partial charge in [0.15, 0.2) is 0 Å². The van der Waals surface area contributed by atoms with Crippen molar-refractivity contribution >= 4 is 24.3 Å². The van der Waals surface area contributed by atoms with E-state index in [1.54, 1.807) is 6.21 Å². The Balaban J connectivity index is 3.01. The third-order valence-corrected chi connectivity index (χ3v) is 3.89. The molecule has 1 unspecified atom stereocenters. The van der Waals surface area contributed by atoms with Crippen molar-refractivity contribution in [1.29, 1.82) is 0 Å². The van der Waals surface area contributed by atoms with Crippen molar-refractivity contribution in [2.45, 2.75) is 24.6 Å². The average Bonchev–Trinajstić information content (AvgIpc) is 2.42. The summed E-state index contributed by atoms with van der Waals surface area (Å²) >= 11 is -1.40. The third kappa shape index (κ3) is 2.58. The molecule has 0 aliphatic carbocycles. The summed E-state index contributed by atoms with van der Waals surface area (Å²) in [5.41, 5.74) is 0. The number of nitrogens with zero attached hydrogens (tertiary/aromatic N) is 2. The molecule has 0 saturated heterocycles. The Kier molecular flexibility index (Phi) is 4.29. The molecule has 0 spiro atoms. The molecule has 0 bridgehead atoms. The Morgan fingerprint density at radius 1 is 1.80 bits per heavy atom. The minimum absolute atomic E-state index is 0.0695. The summed E-state index contributed by atoms with van der Waals surface area (Å²) in [6.45, 7) is 8.88. The Hall–Kier alpha value is -0.870. The summed E-state index contributed by atoms with van der Waals surface area (Å²) in [5.74, 6) is 0.0695. The lowest BCUT2D eigenvalue weighted by Crippen LogP contribution is -2.38. The maximum absolute atomic E-state index is 11.8. The first-order chi connectivity index (χ1) is 7.15. The van der Waals surface area contributed by atoms with Gasteiger partial charge in [0, 0.05) is 26.3 Å². The Morgan fingerprint density at radius 2 is 2.53 bits per heavy atom. The lowest BCUT2D eigenvalue weighted by atomic mass is 9.97. The number of hydrogen-bond donors (Lipinski definition) is 0. The van der Waals surface area contributed by atoms with Crippen molar-refractivity contribution in [3.8, 4) is 0 Å². The van der Waals surface area contributed by atoms with E-state index in [1.165, 1.54) is 0 Å². The highest BCUT2D eigenvalue weighted by atomic mass is 32.2. The molecule has 3 nitrogen and oxygen atoms in total. The van der Waals surface area contributed by atoms with Crippen molar-refractivity contribution in [1.82, 2.24) is 0 Å². The minimum Gasteiger partial charge on any atom is -0.589 e. The van der Waals surface area contributed by atoms with Crippen LogP contribution in [0, 0.1) is 5.92 Å². The van der Waals surface area contributed by atoms with Crippen LogP contribution in [0.3, 0.4) is 0 Å². The molecule has 0 aromatic rings. The second-order valence-corrected chi connectivity index (χ2v) is 5.12. The monoisotopic (exact) mass is 224 g/mol. The lowest BCUT2D eigenvalue weighted by Gasteiger charge is -2.28. The molecule has 1 aliphatic rings. The fourth-order valence-electron chi connectivity index (χ4n) is 1.59. The van der Waals surface area contributed by atoms with Crippen LogP contribution in [0.25, 0.3) is 0 Å². The Bertz CT molecular complexity index is 301. The van der Waals surface area contributed by atoms with Gasteiger partial charge in [0.1, 0.15) is 11.4 Å². The zero-order valence-electron chi connectivity index (χ0n) is 8.93. The third-order valence-electron chi connectivity index (χ3n) is 2.54. The predicted octanol–water partition coefficient (Wildman–Crippen LogP) is 2.29. The van der Waals surface area contributed by atoms with E-state index in [-0.39, 0.29) is 5.92 Å². The van der Waals surface area contributed by atoms with E-state index in [9.17, 15) is 4.55 Å². The van der Waals surface area contributed by atoms with Crippen LogP contribution in [-0.2, 0) is 11.4 Å². The van der Waals surface area contributed by atoms with E-state index in [0.29, 0.717) is 0 Å². The zero-order chi connectivity index (χ0) is 11.3. The van der Waals surface area contributed by atoms with Gasteiger partial charge in [0.25, 0.3) is 0 Å². The molecule has 1 rings (SSSR count). The quantitative estimate of drug-likeness (QED) is 0.410. The average molecular weight is 224 g/mol. The van der Waals surface area contributed by atoms with E-state index < -0.39 is 16.2 Å². The number of allylic oxidation sites excluding steroid dienone is 2. The van der Waals surface area contributed by atoms with Crippen molar-refractivity contribution in [2.24, 2.45) is 15.3 Å². The summed E-state index contributed by atoms with van der Waals surface area (Å²) in [6.07, 6.45) is 9.18. The van der Waals surface area contributed by atoms with Crippen LogP contribution >= 0.6 is 0 Å². The maximum Gasteiger partial charge on any atom is 0.245 e. The molecule has 0 saturated carbocycles. The van der Waals surface area contributed by atoms with Gasteiger partial charge >= 0.3 is 0 Å². The first-order valence-corrected chi connectivity index (χ1v) is 5.95. The zero-order valence-corrected chi connectivity index (χ0v) is 9.74. The van der Waals surface area contributed by atoms with Crippen LogP contribution in [0.5, 0.6) is 0 Å². The molecule has 82 valence electrons. The van der Waals surface area contributed by atoms with Crippen LogP contribution in [0.15, 0.2) is 34.2 Å². The molecule has 1 heterocycles. The van der Waals surface area contributed by atoms with Crippen LogP contribution in [0.4, 0.5) is 0 Å². The largest absolute Gasteiger partial charge is 0.589 e. The molecule has 1 aliphatic heterocycles. The molecule has 15 heavy (non-hydrogen) atoms. The van der Waals surface area contributed by atoms with E-state index >= 15 is 0 Å². The van der Waals surface area contributed by atoms with Crippen molar-refractivity contribution in [3.05, 3.63) is 24.8 Å². The Labute approximate surface area is 94.0 Å². The molecule has 3 atom stereocenters. The molecular weight excluding hydrogens is 208 g/mol. The van der Waals surface area contributed by atoms with Crippen molar-refractivity contribution in [3.63, 3.8) is 0 Å². The highest BCUT2D eigenvalue weighted by molar-refractivity contribution is 7.91. The second kappa shape index (κ2) is 5.28. The van der Waals surface area contributed by atoms with Crippen LogP contribution < -0.4 is 0 Å². The first kappa shape index (κ1) is 12.2. The summed E-state index contributed by atoms with van der Waals surface area (Å²) in [4.78, 5) is 3.65. The van der Waals surface area contributed by atoms with Crippen molar-refractivity contribution in [2.75, 3.05) is 0 Å².